The highest BCUT2D eigenvalue weighted by atomic mass is 79.9. The van der Waals surface area contributed by atoms with Crippen molar-refractivity contribution < 1.29 is 28.7 Å². The second-order valence-electron chi connectivity index (χ2n) is 9.34. The largest absolute Gasteiger partial charge is 0.433 e. The smallest absolute Gasteiger partial charge is 0.409 e. The van der Waals surface area contributed by atoms with E-state index in [0.29, 0.717) is 38.0 Å². The monoisotopic (exact) mass is 537 g/mol. The second kappa shape index (κ2) is 11.9. The minimum Gasteiger partial charge on any atom is -0.433 e. The molecule has 2 N–H and O–H groups in total. The molecule has 2 saturated heterocycles. The number of benzene rings is 1. The third-order valence-electron chi connectivity index (χ3n) is 6.56. The summed E-state index contributed by atoms with van der Waals surface area (Å²) in [6.07, 6.45) is 2.21. The molecule has 1 aromatic rings. The van der Waals surface area contributed by atoms with Gasteiger partial charge in [-0.15, -0.1) is 0 Å². The molecule has 10 heteroatoms. The van der Waals surface area contributed by atoms with Gasteiger partial charge in [0.25, 0.3) is 0 Å². The van der Waals surface area contributed by atoms with Crippen LogP contribution in [0.1, 0.15) is 43.5 Å². The van der Waals surface area contributed by atoms with Crippen LogP contribution in [0.25, 0.3) is 0 Å². The normalized spacial score (nSPS) is 20.6. The predicted molar refractivity (Wildman–Crippen MR) is 128 cm³/mol. The van der Waals surface area contributed by atoms with Gasteiger partial charge < -0.3 is 24.9 Å². The van der Waals surface area contributed by atoms with E-state index in [0.717, 1.165) is 17.3 Å². The minimum absolute atomic E-state index is 0.0656. The maximum Gasteiger partial charge on any atom is 0.409 e. The molecule has 0 bridgehead atoms. The number of ketones is 1. The Labute approximate surface area is 208 Å². The summed E-state index contributed by atoms with van der Waals surface area (Å²) >= 11 is 3.34. The molecule has 2 fully saturated rings. The third-order valence-corrected chi connectivity index (χ3v) is 7.09. The highest BCUT2D eigenvalue weighted by Crippen LogP contribution is 2.42. The lowest BCUT2D eigenvalue weighted by atomic mass is 9.78. The van der Waals surface area contributed by atoms with Crippen LogP contribution < -0.4 is 10.6 Å². The summed E-state index contributed by atoms with van der Waals surface area (Å²) in [6, 6.07) is 5.78. The molecule has 1 spiro atoms. The van der Waals surface area contributed by atoms with E-state index in [9.17, 15) is 19.2 Å². The third kappa shape index (κ3) is 6.86. The molecule has 0 saturated carbocycles. The van der Waals surface area contributed by atoms with Gasteiger partial charge in [-0.05, 0) is 42.7 Å². The molecule has 0 radical (unpaired) electrons. The topological polar surface area (TPSA) is 114 Å². The van der Waals surface area contributed by atoms with E-state index in [2.05, 4.69) is 26.6 Å². The molecular weight excluding hydrogens is 506 g/mol. The Balaban J connectivity index is 1.61. The van der Waals surface area contributed by atoms with Crippen LogP contribution in [-0.2, 0) is 19.1 Å². The molecule has 0 aromatic heterocycles. The molecule has 1 unspecified atom stereocenters. The number of carbonyl (C=O) groups is 4. The quantitative estimate of drug-likeness (QED) is 0.367. The minimum atomic E-state index is -0.705. The lowest BCUT2D eigenvalue weighted by molar-refractivity contribution is -0.126. The van der Waals surface area contributed by atoms with E-state index in [1.54, 1.807) is 24.3 Å². The van der Waals surface area contributed by atoms with Crippen molar-refractivity contribution in [1.29, 1.82) is 0 Å². The number of nitrogens with one attached hydrogen (secondary N) is 2. The van der Waals surface area contributed by atoms with Crippen molar-refractivity contribution in [2.45, 2.75) is 45.2 Å². The lowest BCUT2D eigenvalue weighted by Gasteiger charge is -2.33. The van der Waals surface area contributed by atoms with Crippen LogP contribution in [0.3, 0.4) is 0 Å². The Morgan fingerprint density at radius 3 is 2.53 bits per heavy atom. The van der Waals surface area contributed by atoms with Gasteiger partial charge in [0.2, 0.25) is 5.91 Å². The summed E-state index contributed by atoms with van der Waals surface area (Å²) in [5.41, 5.74) is 0.418. The number of Topliss-reactive ketones (excluding diaryl/α,β-unsaturated/α-hetero) is 1. The Morgan fingerprint density at radius 2 is 1.91 bits per heavy atom. The van der Waals surface area contributed by atoms with E-state index in [4.69, 9.17) is 9.47 Å². The molecule has 2 atom stereocenters. The summed E-state index contributed by atoms with van der Waals surface area (Å²) in [7, 11) is 0. The molecule has 0 aliphatic carbocycles. The number of alkyl carbamates (subject to hydrolysis) is 1. The summed E-state index contributed by atoms with van der Waals surface area (Å²) in [5.74, 6) is -0.523. The van der Waals surface area contributed by atoms with Gasteiger partial charge in [-0.25, -0.2) is 4.79 Å². The first-order valence-electron chi connectivity index (χ1n) is 11.5. The van der Waals surface area contributed by atoms with E-state index in [1.165, 1.54) is 0 Å². The van der Waals surface area contributed by atoms with Crippen molar-refractivity contribution in [2.75, 3.05) is 33.0 Å². The van der Waals surface area contributed by atoms with E-state index < -0.39 is 18.2 Å². The lowest BCUT2D eigenvalue weighted by Crippen LogP contribution is -2.47. The molecule has 1 aromatic carbocycles. The fraction of sp³-hybridized carbons (Fsp3) is 0.583. The number of hydrogen-bond acceptors (Lipinski definition) is 7. The summed E-state index contributed by atoms with van der Waals surface area (Å²) in [5, 5.41) is 5.30. The first kappa shape index (κ1) is 26.3. The highest BCUT2D eigenvalue weighted by Gasteiger charge is 2.47. The number of aldehydes is 1. The Kier molecular flexibility index (Phi) is 9.21. The number of halogens is 1. The fourth-order valence-electron chi connectivity index (χ4n) is 4.41. The molecule has 2 aliphatic rings. The van der Waals surface area contributed by atoms with E-state index in [1.807, 2.05) is 18.7 Å². The highest BCUT2D eigenvalue weighted by molar-refractivity contribution is 9.10. The van der Waals surface area contributed by atoms with Gasteiger partial charge >= 0.3 is 6.09 Å². The molecule has 3 rings (SSSR count). The van der Waals surface area contributed by atoms with Crippen LogP contribution >= 0.6 is 15.9 Å². The van der Waals surface area contributed by atoms with Crippen molar-refractivity contribution in [3.05, 3.63) is 34.3 Å². The molecule has 2 amide bonds. The Morgan fingerprint density at radius 1 is 1.24 bits per heavy atom. The van der Waals surface area contributed by atoms with Gasteiger partial charge in [-0.3, -0.25) is 14.5 Å². The number of amides is 2. The zero-order valence-corrected chi connectivity index (χ0v) is 21.1. The van der Waals surface area contributed by atoms with Crippen LogP contribution in [0.5, 0.6) is 0 Å². The van der Waals surface area contributed by atoms with Crippen molar-refractivity contribution in [2.24, 2.45) is 11.3 Å². The maximum absolute atomic E-state index is 13.1. The SMILES string of the molecule is CC(C)[C@@H](C=O)NC(=O)OCN1CC2(CCOCC2)CC1C(=O)NCC(=O)c1ccc(Br)cc1. The van der Waals surface area contributed by atoms with Crippen LogP contribution in [0, 0.1) is 11.3 Å². The Bertz CT molecular complexity index is 885. The van der Waals surface area contributed by atoms with Crippen molar-refractivity contribution in [3.63, 3.8) is 0 Å². The van der Waals surface area contributed by atoms with Crippen LogP contribution in [0.2, 0.25) is 0 Å². The molecular formula is C24H32BrN3O6. The van der Waals surface area contributed by atoms with Gasteiger partial charge in [0, 0.05) is 29.8 Å². The average Bonchev–Trinajstić information content (AvgIpc) is 3.17. The zero-order valence-electron chi connectivity index (χ0n) is 19.6. The predicted octanol–water partition coefficient (Wildman–Crippen LogP) is 2.53. The second-order valence-corrected chi connectivity index (χ2v) is 10.3. The van der Waals surface area contributed by atoms with Gasteiger partial charge in [-0.1, -0.05) is 41.9 Å². The fourth-order valence-corrected chi connectivity index (χ4v) is 4.67. The number of carbonyl (C=O) groups excluding carboxylic acids is 4. The van der Waals surface area contributed by atoms with E-state index >= 15 is 0 Å². The van der Waals surface area contributed by atoms with Crippen molar-refractivity contribution in [1.82, 2.24) is 15.5 Å². The average molecular weight is 538 g/mol. The summed E-state index contributed by atoms with van der Waals surface area (Å²) < 4.78 is 11.7. The first-order valence-corrected chi connectivity index (χ1v) is 12.3. The van der Waals surface area contributed by atoms with Gasteiger partial charge in [0.05, 0.1) is 18.6 Å². The molecule has 2 heterocycles. The molecule has 186 valence electrons. The van der Waals surface area contributed by atoms with Crippen LogP contribution in [0.15, 0.2) is 28.7 Å². The first-order chi connectivity index (χ1) is 16.2. The Hall–Kier alpha value is -2.30. The van der Waals surface area contributed by atoms with Crippen LogP contribution in [0.4, 0.5) is 4.79 Å². The van der Waals surface area contributed by atoms with Gasteiger partial charge in [0.15, 0.2) is 5.78 Å². The van der Waals surface area contributed by atoms with Crippen molar-refractivity contribution in [3.8, 4) is 0 Å². The van der Waals surface area contributed by atoms with Crippen molar-refractivity contribution >= 4 is 40.0 Å². The molecule has 2 aliphatic heterocycles. The number of ether oxygens (including phenoxy) is 2. The molecule has 9 nitrogen and oxygen atoms in total. The number of hydrogen-bond donors (Lipinski definition) is 2. The zero-order chi connectivity index (χ0) is 24.7. The number of nitrogens with zero attached hydrogens (tertiary/aromatic N) is 1. The van der Waals surface area contributed by atoms with Crippen LogP contribution in [-0.4, -0.2) is 74.1 Å². The van der Waals surface area contributed by atoms with E-state index in [-0.39, 0.29) is 36.3 Å². The summed E-state index contributed by atoms with van der Waals surface area (Å²) in [6.45, 7) is 5.29. The molecule has 34 heavy (non-hydrogen) atoms. The van der Waals surface area contributed by atoms with Gasteiger partial charge in [0.1, 0.15) is 13.0 Å². The summed E-state index contributed by atoms with van der Waals surface area (Å²) in [4.78, 5) is 50.8. The maximum atomic E-state index is 13.1. The van der Waals surface area contributed by atoms with Gasteiger partial charge in [-0.2, -0.15) is 0 Å². The number of rotatable bonds is 9. The standard InChI is InChI=1S/C24H32BrN3O6/c1-16(2)19(13-29)27-23(32)34-15-28-14-24(7-9-33-10-8-24)11-20(28)22(31)26-12-21(30)17-3-5-18(25)6-4-17/h3-6,13,16,19-20H,7-12,14-15H2,1-2H3,(H,26,31)(H,27,32)/t19-,20?/m1/s1. The number of likely N-dealkylation sites (tertiary alicyclic amines) is 1.